The lowest BCUT2D eigenvalue weighted by atomic mass is 9.95. The first-order valence-electron chi connectivity index (χ1n) is 9.31. The fraction of sp³-hybridized carbons (Fsp3) is 0.364. The number of hydrogen-bond donors (Lipinski definition) is 2. The van der Waals surface area contributed by atoms with Crippen LogP contribution in [0.5, 0.6) is 0 Å². The molecule has 4 nitrogen and oxygen atoms in total. The Balaban J connectivity index is 1.62. The summed E-state index contributed by atoms with van der Waals surface area (Å²) in [5.74, 6) is -1.04. The van der Waals surface area contributed by atoms with Crippen LogP contribution in [0.4, 0.5) is 4.39 Å². The summed E-state index contributed by atoms with van der Waals surface area (Å²) in [4.78, 5) is 25.1. The van der Waals surface area contributed by atoms with Gasteiger partial charge in [0.2, 0.25) is 5.91 Å². The molecule has 1 aliphatic rings. The first-order valence-corrected chi connectivity index (χ1v) is 9.31. The maximum atomic E-state index is 13.0. The SMILES string of the molecule is CC(C)C(NC(=O)c1ccc(F)cc1)C(=O)NCC1(c2ccccc2)CC1. The summed E-state index contributed by atoms with van der Waals surface area (Å²) < 4.78 is 13.0. The number of halogens is 1. The molecular formula is C22H25FN2O2. The number of nitrogens with one attached hydrogen (secondary N) is 2. The molecule has 0 aromatic heterocycles. The molecule has 0 saturated heterocycles. The number of benzene rings is 2. The molecule has 0 radical (unpaired) electrons. The molecule has 0 aliphatic heterocycles. The smallest absolute Gasteiger partial charge is 0.251 e. The number of rotatable bonds is 7. The van der Waals surface area contributed by atoms with E-state index in [1.807, 2.05) is 32.0 Å². The highest BCUT2D eigenvalue weighted by atomic mass is 19.1. The minimum absolute atomic E-state index is 0.0133. The molecule has 142 valence electrons. The largest absolute Gasteiger partial charge is 0.353 e. The molecule has 2 N–H and O–H groups in total. The van der Waals surface area contributed by atoms with Gasteiger partial charge in [-0.05, 0) is 48.6 Å². The molecule has 1 aliphatic carbocycles. The van der Waals surface area contributed by atoms with Crippen LogP contribution in [-0.2, 0) is 10.2 Å². The fourth-order valence-corrected chi connectivity index (χ4v) is 3.24. The molecule has 1 unspecified atom stereocenters. The summed E-state index contributed by atoms with van der Waals surface area (Å²) in [5, 5.41) is 5.79. The van der Waals surface area contributed by atoms with Crippen molar-refractivity contribution in [3.05, 3.63) is 71.5 Å². The Labute approximate surface area is 159 Å². The lowest BCUT2D eigenvalue weighted by Crippen LogP contribution is -2.51. The van der Waals surface area contributed by atoms with Gasteiger partial charge >= 0.3 is 0 Å². The third-order valence-corrected chi connectivity index (χ3v) is 5.18. The Hall–Kier alpha value is -2.69. The first-order chi connectivity index (χ1) is 12.9. The van der Waals surface area contributed by atoms with Crippen molar-refractivity contribution in [1.29, 1.82) is 0 Å². The maximum Gasteiger partial charge on any atom is 0.251 e. The Morgan fingerprint density at radius 3 is 2.22 bits per heavy atom. The van der Waals surface area contributed by atoms with Crippen molar-refractivity contribution >= 4 is 11.8 Å². The zero-order chi connectivity index (χ0) is 19.4. The molecule has 0 heterocycles. The van der Waals surface area contributed by atoms with Gasteiger partial charge in [-0.2, -0.15) is 0 Å². The predicted octanol–water partition coefficient (Wildman–Crippen LogP) is 3.43. The van der Waals surface area contributed by atoms with Crippen LogP contribution in [0.3, 0.4) is 0 Å². The van der Waals surface area contributed by atoms with E-state index in [1.54, 1.807) is 0 Å². The minimum atomic E-state index is -0.644. The van der Waals surface area contributed by atoms with Gasteiger partial charge in [0.15, 0.2) is 0 Å². The second kappa shape index (κ2) is 7.91. The van der Waals surface area contributed by atoms with Crippen molar-refractivity contribution in [3.63, 3.8) is 0 Å². The Morgan fingerprint density at radius 2 is 1.67 bits per heavy atom. The number of amides is 2. The number of carbonyl (C=O) groups excluding carboxylic acids is 2. The van der Waals surface area contributed by atoms with Crippen molar-refractivity contribution < 1.29 is 14.0 Å². The van der Waals surface area contributed by atoms with E-state index in [2.05, 4.69) is 22.8 Å². The highest BCUT2D eigenvalue weighted by Crippen LogP contribution is 2.47. The molecule has 5 heteroatoms. The molecule has 2 aromatic carbocycles. The van der Waals surface area contributed by atoms with Crippen molar-refractivity contribution in [2.45, 2.75) is 38.1 Å². The van der Waals surface area contributed by atoms with Crippen LogP contribution < -0.4 is 10.6 Å². The van der Waals surface area contributed by atoms with Crippen molar-refractivity contribution in [3.8, 4) is 0 Å². The van der Waals surface area contributed by atoms with E-state index < -0.39 is 11.9 Å². The number of carbonyl (C=O) groups is 2. The van der Waals surface area contributed by atoms with Gasteiger partial charge in [-0.3, -0.25) is 9.59 Å². The van der Waals surface area contributed by atoms with Crippen molar-refractivity contribution in [2.75, 3.05) is 6.54 Å². The molecule has 3 rings (SSSR count). The van der Waals surface area contributed by atoms with Gasteiger partial charge in [0, 0.05) is 17.5 Å². The van der Waals surface area contributed by atoms with Gasteiger partial charge in [-0.1, -0.05) is 44.2 Å². The highest BCUT2D eigenvalue weighted by Gasteiger charge is 2.44. The molecule has 2 amide bonds. The number of hydrogen-bond acceptors (Lipinski definition) is 2. The maximum absolute atomic E-state index is 13.0. The standard InChI is InChI=1S/C22H25FN2O2/c1-15(2)19(25-20(26)16-8-10-18(23)11-9-16)21(27)24-14-22(12-13-22)17-6-4-3-5-7-17/h3-11,15,19H,12-14H2,1-2H3,(H,24,27)(H,25,26). The van der Waals surface area contributed by atoms with Gasteiger partial charge in [-0.25, -0.2) is 4.39 Å². The summed E-state index contributed by atoms with van der Waals surface area (Å²) in [7, 11) is 0. The van der Waals surface area contributed by atoms with Crippen LogP contribution in [0.1, 0.15) is 42.6 Å². The molecule has 27 heavy (non-hydrogen) atoms. The van der Waals surface area contributed by atoms with Gasteiger partial charge in [0.1, 0.15) is 11.9 Å². The fourth-order valence-electron chi connectivity index (χ4n) is 3.24. The molecule has 2 aromatic rings. The second-order valence-corrected chi connectivity index (χ2v) is 7.57. The van der Waals surface area contributed by atoms with Gasteiger partial charge in [-0.15, -0.1) is 0 Å². The predicted molar refractivity (Wildman–Crippen MR) is 103 cm³/mol. The van der Waals surface area contributed by atoms with E-state index in [1.165, 1.54) is 29.8 Å². The van der Waals surface area contributed by atoms with Gasteiger partial charge in [0.25, 0.3) is 5.91 Å². The highest BCUT2D eigenvalue weighted by molar-refractivity contribution is 5.97. The van der Waals surface area contributed by atoms with Crippen molar-refractivity contribution in [2.24, 2.45) is 5.92 Å². The van der Waals surface area contributed by atoms with E-state index in [4.69, 9.17) is 0 Å². The monoisotopic (exact) mass is 368 g/mol. The van der Waals surface area contributed by atoms with E-state index in [9.17, 15) is 14.0 Å². The normalized spacial score (nSPS) is 15.9. The van der Waals surface area contributed by atoms with Crippen LogP contribution in [0.2, 0.25) is 0 Å². The summed E-state index contributed by atoms with van der Waals surface area (Å²) in [6.45, 7) is 4.34. The quantitative estimate of drug-likeness (QED) is 0.787. The summed E-state index contributed by atoms with van der Waals surface area (Å²) in [5.41, 5.74) is 1.58. The van der Waals surface area contributed by atoms with Gasteiger partial charge < -0.3 is 10.6 Å². The van der Waals surface area contributed by atoms with E-state index in [0.29, 0.717) is 12.1 Å². The minimum Gasteiger partial charge on any atom is -0.353 e. The lowest BCUT2D eigenvalue weighted by Gasteiger charge is -2.24. The van der Waals surface area contributed by atoms with Crippen LogP contribution in [-0.4, -0.2) is 24.4 Å². The first kappa shape index (κ1) is 19.1. The summed E-state index contributed by atoms with van der Waals surface area (Å²) >= 11 is 0. The van der Waals surface area contributed by atoms with E-state index >= 15 is 0 Å². The van der Waals surface area contributed by atoms with E-state index in [0.717, 1.165) is 12.8 Å². The molecule has 1 fully saturated rings. The van der Waals surface area contributed by atoms with Crippen LogP contribution >= 0.6 is 0 Å². The van der Waals surface area contributed by atoms with Crippen LogP contribution in [0.25, 0.3) is 0 Å². The second-order valence-electron chi connectivity index (χ2n) is 7.57. The Bertz CT molecular complexity index is 799. The average molecular weight is 368 g/mol. The molecule has 0 bridgehead atoms. The topological polar surface area (TPSA) is 58.2 Å². The summed E-state index contributed by atoms with van der Waals surface area (Å²) in [6.07, 6.45) is 2.09. The summed E-state index contributed by atoms with van der Waals surface area (Å²) in [6, 6.07) is 14.8. The van der Waals surface area contributed by atoms with Crippen LogP contribution in [0.15, 0.2) is 54.6 Å². The van der Waals surface area contributed by atoms with E-state index in [-0.39, 0.29) is 23.1 Å². The molecular weight excluding hydrogens is 343 g/mol. The molecule has 0 spiro atoms. The van der Waals surface area contributed by atoms with Crippen LogP contribution in [0, 0.1) is 11.7 Å². The average Bonchev–Trinajstić information content (AvgIpc) is 3.46. The van der Waals surface area contributed by atoms with Gasteiger partial charge in [0.05, 0.1) is 0 Å². The zero-order valence-electron chi connectivity index (χ0n) is 15.7. The molecule has 1 saturated carbocycles. The lowest BCUT2D eigenvalue weighted by molar-refractivity contribution is -0.124. The third-order valence-electron chi connectivity index (χ3n) is 5.18. The molecule has 1 atom stereocenters. The zero-order valence-corrected chi connectivity index (χ0v) is 15.7. The Kier molecular flexibility index (Phi) is 5.59. The third kappa shape index (κ3) is 4.54. The van der Waals surface area contributed by atoms with Crippen molar-refractivity contribution in [1.82, 2.24) is 10.6 Å². The Morgan fingerprint density at radius 1 is 1.04 bits per heavy atom.